The van der Waals surface area contributed by atoms with E-state index in [0.29, 0.717) is 0 Å². The molecule has 1 unspecified atom stereocenters. The van der Waals surface area contributed by atoms with E-state index in [4.69, 9.17) is 4.99 Å². The standard InChI is InChI=1S/C24H45N3O/c1-4-6-7-8-9-10-11-12-13-14-15-16-17-18-24-26-20-22-27(24,5-2)21-19-25-23(3)28/h17-18H,4-16,19-22H2,1-3H3/p+1/b18-17+. The minimum absolute atomic E-state index is 0.0546. The van der Waals surface area contributed by atoms with Crippen molar-refractivity contribution in [2.45, 2.75) is 97.8 Å². The Morgan fingerprint density at radius 2 is 1.61 bits per heavy atom. The average Bonchev–Trinajstić information content (AvgIpc) is 3.08. The zero-order valence-electron chi connectivity index (χ0n) is 19.0. The molecule has 1 N–H and O–H groups in total. The number of nitrogens with one attached hydrogen (secondary N) is 1. The third-order valence-corrected chi connectivity index (χ3v) is 6.05. The number of hydrogen-bond acceptors (Lipinski definition) is 2. The summed E-state index contributed by atoms with van der Waals surface area (Å²) >= 11 is 0. The number of amidine groups is 1. The Hall–Kier alpha value is -1.16. The fourth-order valence-electron chi connectivity index (χ4n) is 4.10. The normalized spacial score (nSPS) is 19.3. The van der Waals surface area contributed by atoms with Crippen LogP contribution in [0.3, 0.4) is 0 Å². The second-order valence-corrected chi connectivity index (χ2v) is 8.36. The Morgan fingerprint density at radius 1 is 1.00 bits per heavy atom. The first-order valence-corrected chi connectivity index (χ1v) is 12.0. The van der Waals surface area contributed by atoms with Crippen LogP contribution in [0.15, 0.2) is 17.1 Å². The summed E-state index contributed by atoms with van der Waals surface area (Å²) in [5.74, 6) is 1.26. The van der Waals surface area contributed by atoms with Crippen molar-refractivity contribution >= 4 is 11.7 Å². The minimum Gasteiger partial charge on any atom is -0.351 e. The number of allylic oxidation sites excluding steroid dienone is 1. The molecule has 0 spiro atoms. The van der Waals surface area contributed by atoms with Crippen LogP contribution in [0.4, 0.5) is 0 Å². The van der Waals surface area contributed by atoms with Crippen molar-refractivity contribution in [2.24, 2.45) is 4.99 Å². The van der Waals surface area contributed by atoms with Gasteiger partial charge in [0.2, 0.25) is 11.7 Å². The van der Waals surface area contributed by atoms with Crippen LogP contribution in [-0.4, -0.2) is 48.9 Å². The summed E-state index contributed by atoms with van der Waals surface area (Å²) in [5.41, 5.74) is 0. The minimum atomic E-state index is 0.0546. The highest BCUT2D eigenvalue weighted by Gasteiger charge is 2.34. The molecule has 0 bridgehead atoms. The fraction of sp³-hybridized carbons (Fsp3) is 0.833. The van der Waals surface area contributed by atoms with E-state index in [2.05, 4.69) is 31.3 Å². The summed E-state index contributed by atoms with van der Waals surface area (Å²) in [5, 5.41) is 2.94. The number of carbonyl (C=O) groups is 1. The van der Waals surface area contributed by atoms with Crippen LogP contribution in [0.25, 0.3) is 0 Å². The van der Waals surface area contributed by atoms with Crippen molar-refractivity contribution in [3.05, 3.63) is 12.2 Å². The van der Waals surface area contributed by atoms with Gasteiger partial charge in [-0.1, -0.05) is 77.2 Å². The summed E-state index contributed by atoms with van der Waals surface area (Å²) in [6.07, 6.45) is 21.1. The fourth-order valence-corrected chi connectivity index (χ4v) is 4.10. The van der Waals surface area contributed by atoms with Crippen molar-refractivity contribution in [1.29, 1.82) is 0 Å². The van der Waals surface area contributed by atoms with E-state index in [-0.39, 0.29) is 5.91 Å². The van der Waals surface area contributed by atoms with E-state index in [1.807, 2.05) is 0 Å². The van der Waals surface area contributed by atoms with Gasteiger partial charge in [-0.2, -0.15) is 0 Å². The van der Waals surface area contributed by atoms with Crippen LogP contribution in [-0.2, 0) is 4.79 Å². The molecule has 1 aliphatic rings. The number of likely N-dealkylation sites (N-methyl/N-ethyl adjacent to an activating group) is 1. The number of unbranched alkanes of at least 4 members (excludes halogenated alkanes) is 11. The number of aliphatic imine (C=N–C) groups is 1. The predicted octanol–water partition coefficient (Wildman–Crippen LogP) is 5.63. The van der Waals surface area contributed by atoms with Crippen LogP contribution in [0.2, 0.25) is 0 Å². The third-order valence-electron chi connectivity index (χ3n) is 6.05. The topological polar surface area (TPSA) is 41.5 Å². The van der Waals surface area contributed by atoms with E-state index in [1.54, 1.807) is 6.92 Å². The Labute approximate surface area is 174 Å². The number of hydrogen-bond donors (Lipinski definition) is 1. The molecular weight excluding hydrogens is 346 g/mol. The predicted molar refractivity (Wildman–Crippen MR) is 122 cm³/mol. The van der Waals surface area contributed by atoms with Crippen LogP contribution in [0, 0.1) is 0 Å². The third kappa shape index (κ3) is 10.4. The van der Waals surface area contributed by atoms with Crippen molar-refractivity contribution in [2.75, 3.05) is 32.7 Å². The molecule has 1 rings (SSSR count). The molecule has 1 amide bonds. The van der Waals surface area contributed by atoms with Crippen LogP contribution in [0.5, 0.6) is 0 Å². The average molecular weight is 393 g/mol. The molecule has 0 aliphatic carbocycles. The Morgan fingerprint density at radius 3 is 2.18 bits per heavy atom. The second kappa shape index (κ2) is 15.7. The van der Waals surface area contributed by atoms with Crippen molar-refractivity contribution in [1.82, 2.24) is 5.32 Å². The van der Waals surface area contributed by atoms with Gasteiger partial charge in [0, 0.05) is 13.0 Å². The molecule has 0 saturated heterocycles. The van der Waals surface area contributed by atoms with Crippen LogP contribution < -0.4 is 5.32 Å². The maximum Gasteiger partial charge on any atom is 0.222 e. The van der Waals surface area contributed by atoms with Gasteiger partial charge in [-0.3, -0.25) is 9.28 Å². The number of nitrogens with zero attached hydrogens (tertiary/aromatic N) is 2. The molecule has 28 heavy (non-hydrogen) atoms. The van der Waals surface area contributed by atoms with E-state index in [0.717, 1.165) is 43.6 Å². The Balaban J connectivity index is 2.11. The first-order valence-electron chi connectivity index (χ1n) is 12.0. The van der Waals surface area contributed by atoms with Gasteiger partial charge in [0.15, 0.2) is 0 Å². The summed E-state index contributed by atoms with van der Waals surface area (Å²) < 4.78 is 0.912. The molecule has 0 aromatic heterocycles. The lowest BCUT2D eigenvalue weighted by Gasteiger charge is -2.32. The lowest BCUT2D eigenvalue weighted by Crippen LogP contribution is -2.53. The molecule has 162 valence electrons. The first kappa shape index (κ1) is 24.9. The van der Waals surface area contributed by atoms with Gasteiger partial charge in [0.25, 0.3) is 0 Å². The quantitative estimate of drug-likeness (QED) is 0.253. The molecule has 0 radical (unpaired) electrons. The lowest BCUT2D eigenvalue weighted by molar-refractivity contribution is -0.830. The maximum atomic E-state index is 11.1. The molecule has 1 atom stereocenters. The van der Waals surface area contributed by atoms with Crippen LogP contribution >= 0.6 is 0 Å². The van der Waals surface area contributed by atoms with E-state index in [9.17, 15) is 4.79 Å². The largest absolute Gasteiger partial charge is 0.351 e. The number of rotatable bonds is 17. The van der Waals surface area contributed by atoms with E-state index in [1.165, 1.54) is 76.5 Å². The number of carbonyl (C=O) groups excluding carboxylic acids is 1. The van der Waals surface area contributed by atoms with Gasteiger partial charge in [-0.15, -0.1) is 0 Å². The molecule has 0 fully saturated rings. The van der Waals surface area contributed by atoms with E-state index >= 15 is 0 Å². The zero-order chi connectivity index (χ0) is 20.5. The molecule has 0 saturated carbocycles. The van der Waals surface area contributed by atoms with Crippen molar-refractivity contribution < 1.29 is 9.28 Å². The smallest absolute Gasteiger partial charge is 0.222 e. The maximum absolute atomic E-state index is 11.1. The van der Waals surface area contributed by atoms with Gasteiger partial charge in [0.05, 0.1) is 19.6 Å². The second-order valence-electron chi connectivity index (χ2n) is 8.36. The molecular formula is C24H46N3O+. The van der Waals surface area contributed by atoms with Gasteiger partial charge < -0.3 is 5.32 Å². The van der Waals surface area contributed by atoms with Crippen molar-refractivity contribution in [3.8, 4) is 0 Å². The van der Waals surface area contributed by atoms with Gasteiger partial charge in [0.1, 0.15) is 13.1 Å². The molecule has 1 aliphatic heterocycles. The summed E-state index contributed by atoms with van der Waals surface area (Å²) in [4.78, 5) is 15.9. The molecule has 0 aromatic rings. The molecule has 4 nitrogen and oxygen atoms in total. The molecule has 4 heteroatoms. The SMILES string of the molecule is CCCCCCCCCCCCC/C=C/C1=NCC[N+]1(CC)CCNC(C)=O. The zero-order valence-corrected chi connectivity index (χ0v) is 19.0. The summed E-state index contributed by atoms with van der Waals surface area (Å²) in [7, 11) is 0. The number of amides is 1. The number of quaternary nitrogens is 1. The Kier molecular flexibility index (Phi) is 14.0. The van der Waals surface area contributed by atoms with Crippen LogP contribution in [0.1, 0.15) is 97.8 Å². The highest BCUT2D eigenvalue weighted by molar-refractivity contribution is 5.88. The highest BCUT2D eigenvalue weighted by Crippen LogP contribution is 2.17. The van der Waals surface area contributed by atoms with Crippen molar-refractivity contribution in [3.63, 3.8) is 0 Å². The first-order chi connectivity index (χ1) is 13.6. The Bertz CT molecular complexity index is 472. The van der Waals surface area contributed by atoms with Gasteiger partial charge in [-0.25, -0.2) is 4.99 Å². The highest BCUT2D eigenvalue weighted by atomic mass is 16.1. The van der Waals surface area contributed by atoms with Gasteiger partial charge in [-0.05, 0) is 19.8 Å². The summed E-state index contributed by atoms with van der Waals surface area (Å²) in [6, 6.07) is 0. The van der Waals surface area contributed by atoms with E-state index < -0.39 is 0 Å². The summed E-state index contributed by atoms with van der Waals surface area (Å²) in [6.45, 7) is 10.8. The monoisotopic (exact) mass is 392 g/mol. The molecule has 0 aromatic carbocycles. The molecule has 1 heterocycles. The van der Waals surface area contributed by atoms with Gasteiger partial charge >= 0.3 is 0 Å². The lowest BCUT2D eigenvalue weighted by atomic mass is 10.1.